The number of nitriles is 1. The van der Waals surface area contributed by atoms with Crippen LogP contribution in [-0.4, -0.2) is 11.8 Å². The van der Waals surface area contributed by atoms with E-state index in [9.17, 15) is 14.9 Å². The molecule has 1 saturated carbocycles. The SMILES string of the molecule is N#CC1(CC(=O)NC(C(N)=O)c2ccccc2)CCCCC1. The molecule has 2 rings (SSSR count). The van der Waals surface area contributed by atoms with Gasteiger partial charge in [0.05, 0.1) is 11.5 Å². The van der Waals surface area contributed by atoms with E-state index in [0.29, 0.717) is 5.56 Å². The fraction of sp³-hybridized carbons (Fsp3) is 0.471. The minimum Gasteiger partial charge on any atom is -0.368 e. The Balaban J connectivity index is 2.06. The topological polar surface area (TPSA) is 96.0 Å². The van der Waals surface area contributed by atoms with Crippen molar-refractivity contribution in [1.29, 1.82) is 5.26 Å². The van der Waals surface area contributed by atoms with Crippen molar-refractivity contribution in [3.05, 3.63) is 35.9 Å². The van der Waals surface area contributed by atoms with Crippen molar-refractivity contribution in [2.45, 2.75) is 44.6 Å². The van der Waals surface area contributed by atoms with Crippen LogP contribution in [0.1, 0.15) is 50.1 Å². The summed E-state index contributed by atoms with van der Waals surface area (Å²) in [6.07, 6.45) is 4.66. The van der Waals surface area contributed by atoms with Crippen molar-refractivity contribution in [2.24, 2.45) is 11.1 Å². The van der Waals surface area contributed by atoms with Crippen molar-refractivity contribution >= 4 is 11.8 Å². The molecule has 116 valence electrons. The number of benzene rings is 1. The number of rotatable bonds is 5. The van der Waals surface area contributed by atoms with Gasteiger partial charge < -0.3 is 11.1 Å². The van der Waals surface area contributed by atoms with Gasteiger partial charge in [0.1, 0.15) is 6.04 Å². The van der Waals surface area contributed by atoms with Crippen molar-refractivity contribution in [1.82, 2.24) is 5.32 Å². The molecule has 1 atom stereocenters. The fourth-order valence-corrected chi connectivity index (χ4v) is 3.04. The highest BCUT2D eigenvalue weighted by atomic mass is 16.2. The zero-order valence-electron chi connectivity index (χ0n) is 12.5. The predicted molar refractivity (Wildman–Crippen MR) is 82.3 cm³/mol. The highest BCUT2D eigenvalue weighted by Gasteiger charge is 2.35. The van der Waals surface area contributed by atoms with Crippen molar-refractivity contribution < 1.29 is 9.59 Å². The molecule has 1 aliphatic rings. The van der Waals surface area contributed by atoms with Gasteiger partial charge in [0.15, 0.2) is 0 Å². The van der Waals surface area contributed by atoms with E-state index in [-0.39, 0.29) is 12.3 Å². The summed E-state index contributed by atoms with van der Waals surface area (Å²) < 4.78 is 0. The number of hydrogen-bond donors (Lipinski definition) is 2. The third-order valence-corrected chi connectivity index (χ3v) is 4.27. The van der Waals surface area contributed by atoms with Crippen LogP contribution in [0.2, 0.25) is 0 Å². The van der Waals surface area contributed by atoms with E-state index in [0.717, 1.165) is 32.1 Å². The lowest BCUT2D eigenvalue weighted by molar-refractivity contribution is -0.128. The summed E-state index contributed by atoms with van der Waals surface area (Å²) >= 11 is 0. The molecule has 0 saturated heterocycles. The van der Waals surface area contributed by atoms with E-state index in [2.05, 4.69) is 11.4 Å². The van der Waals surface area contributed by atoms with Crippen LogP contribution in [0.5, 0.6) is 0 Å². The summed E-state index contributed by atoms with van der Waals surface area (Å²) in [5.41, 5.74) is 5.45. The molecule has 0 radical (unpaired) electrons. The van der Waals surface area contributed by atoms with Crippen LogP contribution in [-0.2, 0) is 9.59 Å². The second-order valence-corrected chi connectivity index (χ2v) is 5.94. The second kappa shape index (κ2) is 7.08. The van der Waals surface area contributed by atoms with Gasteiger partial charge in [-0.2, -0.15) is 5.26 Å². The van der Waals surface area contributed by atoms with E-state index in [1.165, 1.54) is 0 Å². The number of nitrogens with zero attached hydrogens (tertiary/aromatic N) is 1. The zero-order chi connectivity index (χ0) is 16.0. The Labute approximate surface area is 130 Å². The Kier molecular flexibility index (Phi) is 5.16. The molecule has 2 amide bonds. The predicted octanol–water partition coefficient (Wildman–Crippen LogP) is 2.19. The van der Waals surface area contributed by atoms with Gasteiger partial charge >= 0.3 is 0 Å². The van der Waals surface area contributed by atoms with Gasteiger partial charge in [0.2, 0.25) is 11.8 Å². The van der Waals surface area contributed by atoms with Crippen molar-refractivity contribution in [3.63, 3.8) is 0 Å². The molecule has 0 spiro atoms. The molecule has 5 heteroatoms. The Morgan fingerprint density at radius 1 is 1.23 bits per heavy atom. The van der Waals surface area contributed by atoms with Crippen molar-refractivity contribution in [2.75, 3.05) is 0 Å². The standard InChI is InChI=1S/C17H21N3O2/c18-12-17(9-5-2-6-10-17)11-14(21)20-15(16(19)22)13-7-3-1-4-8-13/h1,3-4,7-8,15H,2,5-6,9-11H2,(H2,19,22)(H,20,21). The average Bonchev–Trinajstić information content (AvgIpc) is 2.54. The zero-order valence-corrected chi connectivity index (χ0v) is 12.5. The van der Waals surface area contributed by atoms with Gasteiger partial charge in [-0.25, -0.2) is 0 Å². The molecule has 5 nitrogen and oxygen atoms in total. The number of primary amides is 1. The Hall–Kier alpha value is -2.35. The first-order chi connectivity index (χ1) is 10.6. The van der Waals surface area contributed by atoms with Gasteiger partial charge in [0, 0.05) is 6.42 Å². The second-order valence-electron chi connectivity index (χ2n) is 5.94. The quantitative estimate of drug-likeness (QED) is 0.872. The molecular weight excluding hydrogens is 278 g/mol. The molecule has 1 aliphatic carbocycles. The average molecular weight is 299 g/mol. The monoisotopic (exact) mass is 299 g/mol. The third-order valence-electron chi connectivity index (χ3n) is 4.27. The van der Waals surface area contributed by atoms with Crippen LogP contribution in [0, 0.1) is 16.7 Å². The smallest absolute Gasteiger partial charge is 0.244 e. The maximum atomic E-state index is 12.3. The Bertz CT molecular complexity index is 571. The molecule has 0 bridgehead atoms. The number of amides is 2. The first kappa shape index (κ1) is 16.0. The summed E-state index contributed by atoms with van der Waals surface area (Å²) in [6.45, 7) is 0. The third kappa shape index (κ3) is 3.85. The number of hydrogen-bond acceptors (Lipinski definition) is 3. The Morgan fingerprint density at radius 3 is 2.41 bits per heavy atom. The first-order valence-electron chi connectivity index (χ1n) is 7.61. The summed E-state index contributed by atoms with van der Waals surface area (Å²) in [4.78, 5) is 23.9. The van der Waals surface area contributed by atoms with Crippen LogP contribution < -0.4 is 11.1 Å². The summed E-state index contributed by atoms with van der Waals surface area (Å²) in [5.74, 6) is -0.898. The normalized spacial score (nSPS) is 18.0. The molecule has 0 aliphatic heterocycles. The van der Waals surface area contributed by atoms with Gasteiger partial charge in [0.25, 0.3) is 0 Å². The molecule has 1 unspecified atom stereocenters. The highest BCUT2D eigenvalue weighted by molar-refractivity contribution is 5.87. The maximum absolute atomic E-state index is 12.3. The summed E-state index contributed by atoms with van der Waals surface area (Å²) in [6, 6.07) is 10.4. The van der Waals surface area contributed by atoms with Gasteiger partial charge in [-0.15, -0.1) is 0 Å². The summed E-state index contributed by atoms with van der Waals surface area (Å²) in [5, 5.41) is 12.1. The Morgan fingerprint density at radius 2 is 1.86 bits per heavy atom. The molecule has 0 heterocycles. The molecule has 1 aromatic carbocycles. The maximum Gasteiger partial charge on any atom is 0.244 e. The van der Waals surface area contributed by atoms with Gasteiger partial charge in [-0.1, -0.05) is 49.6 Å². The van der Waals surface area contributed by atoms with Crippen molar-refractivity contribution in [3.8, 4) is 6.07 Å². The molecule has 0 aromatic heterocycles. The molecule has 22 heavy (non-hydrogen) atoms. The van der Waals surface area contributed by atoms with E-state index < -0.39 is 17.4 Å². The first-order valence-corrected chi connectivity index (χ1v) is 7.61. The van der Waals surface area contributed by atoms with E-state index >= 15 is 0 Å². The molecule has 1 aromatic rings. The lowest BCUT2D eigenvalue weighted by Crippen LogP contribution is -2.40. The van der Waals surface area contributed by atoms with E-state index in [4.69, 9.17) is 5.73 Å². The summed E-state index contributed by atoms with van der Waals surface area (Å²) in [7, 11) is 0. The molecule has 1 fully saturated rings. The number of carbonyl (C=O) groups excluding carboxylic acids is 2. The van der Waals surface area contributed by atoms with Gasteiger partial charge in [-0.3, -0.25) is 9.59 Å². The van der Waals surface area contributed by atoms with Gasteiger partial charge in [-0.05, 0) is 18.4 Å². The van der Waals surface area contributed by atoms with E-state index in [1.54, 1.807) is 24.3 Å². The highest BCUT2D eigenvalue weighted by Crippen LogP contribution is 2.38. The lowest BCUT2D eigenvalue weighted by atomic mass is 9.73. The van der Waals surface area contributed by atoms with Crippen LogP contribution in [0.15, 0.2) is 30.3 Å². The van der Waals surface area contributed by atoms with Crippen LogP contribution in [0.4, 0.5) is 0 Å². The van der Waals surface area contributed by atoms with Crippen LogP contribution in [0.3, 0.4) is 0 Å². The van der Waals surface area contributed by atoms with Crippen LogP contribution in [0.25, 0.3) is 0 Å². The number of nitrogens with one attached hydrogen (secondary N) is 1. The molecule has 3 N–H and O–H groups in total. The lowest BCUT2D eigenvalue weighted by Gasteiger charge is -2.30. The molecular formula is C17H21N3O2. The minimum absolute atomic E-state index is 0.125. The number of carbonyl (C=O) groups is 2. The van der Waals surface area contributed by atoms with Crippen LogP contribution >= 0.6 is 0 Å². The fourth-order valence-electron chi connectivity index (χ4n) is 3.04. The minimum atomic E-state index is -0.854. The number of nitrogens with two attached hydrogens (primary N) is 1. The largest absolute Gasteiger partial charge is 0.368 e. The van der Waals surface area contributed by atoms with E-state index in [1.807, 2.05) is 6.07 Å².